The van der Waals surface area contributed by atoms with Crippen LogP contribution in [0, 0.1) is 13.8 Å². The van der Waals surface area contributed by atoms with Crippen LogP contribution in [0.5, 0.6) is 0 Å². The lowest BCUT2D eigenvalue weighted by Crippen LogP contribution is -2.25. The van der Waals surface area contributed by atoms with Gasteiger partial charge in [-0.15, -0.1) is 4.73 Å². The molecule has 0 spiro atoms. The Bertz CT molecular complexity index is 642. The highest BCUT2D eigenvalue weighted by Gasteiger charge is 2.13. The molecule has 0 unspecified atom stereocenters. The molecule has 0 saturated carbocycles. The van der Waals surface area contributed by atoms with Gasteiger partial charge >= 0.3 is 0 Å². The Morgan fingerprint density at radius 3 is 2.42 bits per heavy atom. The molecule has 0 aliphatic heterocycles. The molecule has 0 aliphatic rings. The topological polar surface area (TPSA) is 51.5 Å². The number of hydrogen-bond donors (Lipinski definition) is 1. The molecule has 0 aliphatic carbocycles. The summed E-state index contributed by atoms with van der Waals surface area (Å²) >= 11 is 0. The van der Waals surface area contributed by atoms with E-state index >= 15 is 0 Å². The van der Waals surface area contributed by atoms with Gasteiger partial charge in [-0.25, -0.2) is 0 Å². The van der Waals surface area contributed by atoms with E-state index in [-0.39, 0.29) is 6.61 Å². The molecule has 0 amide bonds. The third kappa shape index (κ3) is 2.53. The first kappa shape index (κ1) is 13.4. The zero-order valence-electron chi connectivity index (χ0n) is 11.3. The van der Waals surface area contributed by atoms with Gasteiger partial charge in [0.15, 0.2) is 0 Å². The standard InChI is InChI=1S/C15H17NO3/c1-10-4-6-12(7-5-10)14-8-11(2)13(9-19-3)15(17)16(14)18/h4-8,18H,9H2,1-3H3. The molecule has 4 nitrogen and oxygen atoms in total. The van der Waals surface area contributed by atoms with Gasteiger partial charge in [-0.2, -0.15) is 0 Å². The molecule has 2 aromatic rings. The zero-order valence-corrected chi connectivity index (χ0v) is 11.3. The maximum absolute atomic E-state index is 12.1. The Kier molecular flexibility index (Phi) is 3.71. The third-order valence-electron chi connectivity index (χ3n) is 3.14. The van der Waals surface area contributed by atoms with Crippen molar-refractivity contribution in [1.82, 2.24) is 4.73 Å². The summed E-state index contributed by atoms with van der Waals surface area (Å²) in [6, 6.07) is 9.44. The highest BCUT2D eigenvalue weighted by molar-refractivity contribution is 5.61. The molecular weight excluding hydrogens is 242 g/mol. The third-order valence-corrected chi connectivity index (χ3v) is 3.14. The second kappa shape index (κ2) is 5.28. The fraction of sp³-hybridized carbons (Fsp3) is 0.267. The van der Waals surface area contributed by atoms with E-state index in [0.717, 1.165) is 16.7 Å². The molecule has 2 rings (SSSR count). The van der Waals surface area contributed by atoms with E-state index in [4.69, 9.17) is 4.74 Å². The van der Waals surface area contributed by atoms with Gasteiger partial charge in [-0.3, -0.25) is 4.79 Å². The lowest BCUT2D eigenvalue weighted by molar-refractivity contribution is 0.161. The highest BCUT2D eigenvalue weighted by atomic mass is 16.5. The minimum atomic E-state index is -0.433. The van der Waals surface area contributed by atoms with Crippen molar-refractivity contribution in [3.05, 3.63) is 57.4 Å². The number of ether oxygens (including phenoxy) is 1. The lowest BCUT2D eigenvalue weighted by Gasteiger charge is -2.11. The number of methoxy groups -OCH3 is 1. The molecule has 4 heteroatoms. The molecule has 1 heterocycles. The van der Waals surface area contributed by atoms with Crippen molar-refractivity contribution in [2.75, 3.05) is 7.11 Å². The molecular formula is C15H17NO3. The van der Waals surface area contributed by atoms with E-state index in [1.807, 2.05) is 38.1 Å². The first-order valence-electron chi connectivity index (χ1n) is 6.05. The van der Waals surface area contributed by atoms with E-state index in [0.29, 0.717) is 16.0 Å². The molecule has 1 aromatic heterocycles. The smallest absolute Gasteiger partial charge is 0.289 e. The average Bonchev–Trinajstić information content (AvgIpc) is 2.40. The molecule has 1 aromatic carbocycles. The van der Waals surface area contributed by atoms with Crippen molar-refractivity contribution in [3.8, 4) is 11.3 Å². The van der Waals surface area contributed by atoms with E-state index in [1.165, 1.54) is 7.11 Å². The van der Waals surface area contributed by atoms with Crippen LogP contribution in [0.4, 0.5) is 0 Å². The fourth-order valence-corrected chi connectivity index (χ4v) is 2.01. The minimum absolute atomic E-state index is 0.194. The van der Waals surface area contributed by atoms with Crippen LogP contribution in [0.15, 0.2) is 35.1 Å². The van der Waals surface area contributed by atoms with Crippen molar-refractivity contribution >= 4 is 0 Å². The van der Waals surface area contributed by atoms with Crippen LogP contribution in [0.2, 0.25) is 0 Å². The molecule has 19 heavy (non-hydrogen) atoms. The van der Waals surface area contributed by atoms with E-state index in [9.17, 15) is 10.0 Å². The largest absolute Gasteiger partial charge is 0.425 e. The molecule has 0 fully saturated rings. The normalized spacial score (nSPS) is 10.7. The minimum Gasteiger partial charge on any atom is -0.425 e. The highest BCUT2D eigenvalue weighted by Crippen LogP contribution is 2.20. The summed E-state index contributed by atoms with van der Waals surface area (Å²) < 4.78 is 5.67. The summed E-state index contributed by atoms with van der Waals surface area (Å²) in [5, 5.41) is 10.0. The van der Waals surface area contributed by atoms with Gasteiger partial charge in [0.05, 0.1) is 12.3 Å². The summed E-state index contributed by atoms with van der Waals surface area (Å²) in [5.41, 5.74) is 3.27. The van der Waals surface area contributed by atoms with Crippen molar-refractivity contribution in [1.29, 1.82) is 0 Å². The first-order valence-corrected chi connectivity index (χ1v) is 6.05. The molecule has 1 N–H and O–H groups in total. The van der Waals surface area contributed by atoms with Crippen LogP contribution >= 0.6 is 0 Å². The number of hydrogen-bond acceptors (Lipinski definition) is 3. The maximum atomic E-state index is 12.1. The molecule has 0 atom stereocenters. The summed E-state index contributed by atoms with van der Waals surface area (Å²) in [6.07, 6.45) is 0. The van der Waals surface area contributed by atoms with E-state index in [1.54, 1.807) is 6.07 Å². The lowest BCUT2D eigenvalue weighted by atomic mass is 10.1. The van der Waals surface area contributed by atoms with Gasteiger partial charge in [0, 0.05) is 18.2 Å². The Hall–Kier alpha value is -2.07. The first-order chi connectivity index (χ1) is 9.04. The van der Waals surface area contributed by atoms with Crippen LogP contribution in [-0.2, 0) is 11.3 Å². The Morgan fingerprint density at radius 1 is 1.21 bits per heavy atom. The summed E-state index contributed by atoms with van der Waals surface area (Å²) in [4.78, 5) is 12.1. The van der Waals surface area contributed by atoms with E-state index < -0.39 is 5.56 Å². The Morgan fingerprint density at radius 2 is 1.84 bits per heavy atom. The van der Waals surface area contributed by atoms with Crippen LogP contribution in [0.1, 0.15) is 16.7 Å². The van der Waals surface area contributed by atoms with E-state index in [2.05, 4.69) is 0 Å². The average molecular weight is 259 g/mol. The predicted octanol–water partition coefficient (Wildman–Crippen LogP) is 2.52. The van der Waals surface area contributed by atoms with Crippen LogP contribution in [-0.4, -0.2) is 17.0 Å². The molecule has 100 valence electrons. The number of aryl methyl sites for hydroxylation is 2. The van der Waals surface area contributed by atoms with Gasteiger partial charge in [0.1, 0.15) is 0 Å². The van der Waals surface area contributed by atoms with Crippen molar-refractivity contribution < 1.29 is 9.94 Å². The van der Waals surface area contributed by atoms with Crippen molar-refractivity contribution in [2.45, 2.75) is 20.5 Å². The number of nitrogens with zero attached hydrogens (tertiary/aromatic N) is 1. The molecule has 0 saturated heterocycles. The quantitative estimate of drug-likeness (QED) is 0.862. The zero-order chi connectivity index (χ0) is 14.0. The van der Waals surface area contributed by atoms with Gasteiger partial charge in [-0.05, 0) is 25.5 Å². The monoisotopic (exact) mass is 259 g/mol. The SMILES string of the molecule is COCc1c(C)cc(-c2ccc(C)cc2)n(O)c1=O. The van der Waals surface area contributed by atoms with Gasteiger partial charge in [0.2, 0.25) is 0 Å². The maximum Gasteiger partial charge on any atom is 0.289 e. The Balaban J connectivity index is 2.60. The summed E-state index contributed by atoms with van der Waals surface area (Å²) in [7, 11) is 1.52. The Labute approximate surface area is 111 Å². The van der Waals surface area contributed by atoms with Crippen molar-refractivity contribution in [2.24, 2.45) is 0 Å². The predicted molar refractivity (Wildman–Crippen MR) is 73.5 cm³/mol. The molecule has 0 bridgehead atoms. The van der Waals surface area contributed by atoms with Crippen LogP contribution < -0.4 is 5.56 Å². The van der Waals surface area contributed by atoms with Crippen molar-refractivity contribution in [3.63, 3.8) is 0 Å². The number of rotatable bonds is 3. The van der Waals surface area contributed by atoms with Gasteiger partial charge < -0.3 is 9.94 Å². The number of pyridine rings is 1. The van der Waals surface area contributed by atoms with Gasteiger partial charge in [0.25, 0.3) is 5.56 Å². The van der Waals surface area contributed by atoms with Crippen LogP contribution in [0.3, 0.4) is 0 Å². The fourth-order valence-electron chi connectivity index (χ4n) is 2.01. The number of aromatic nitrogens is 1. The van der Waals surface area contributed by atoms with Gasteiger partial charge in [-0.1, -0.05) is 29.8 Å². The molecule has 0 radical (unpaired) electrons. The van der Waals surface area contributed by atoms with Crippen LogP contribution in [0.25, 0.3) is 11.3 Å². The number of benzene rings is 1. The summed E-state index contributed by atoms with van der Waals surface area (Å²) in [6.45, 7) is 4.02. The second-order valence-corrected chi connectivity index (χ2v) is 4.61. The summed E-state index contributed by atoms with van der Waals surface area (Å²) in [5.74, 6) is 0. The second-order valence-electron chi connectivity index (χ2n) is 4.61.